The Morgan fingerprint density at radius 3 is 2.36 bits per heavy atom. The minimum absolute atomic E-state index is 0.0164. The molecule has 8 heteroatoms. The molecule has 0 atom stereocenters. The van der Waals surface area contributed by atoms with Crippen LogP contribution < -0.4 is 0 Å². The van der Waals surface area contributed by atoms with E-state index in [9.17, 15) is 23.1 Å². The van der Waals surface area contributed by atoms with Crippen molar-refractivity contribution >= 4 is 5.97 Å². The number of rotatable bonds is 5. The molecule has 0 radical (unpaired) electrons. The van der Waals surface area contributed by atoms with E-state index in [1.165, 1.54) is 19.2 Å². The molecule has 5 nitrogen and oxygen atoms in total. The van der Waals surface area contributed by atoms with Gasteiger partial charge in [0.25, 0.3) is 0 Å². The predicted octanol–water partition coefficient (Wildman–Crippen LogP) is 3.88. The molecule has 1 aromatic carbocycles. The minimum Gasteiger partial charge on any atom is -0.478 e. The summed E-state index contributed by atoms with van der Waals surface area (Å²) < 4.78 is 43.1. The van der Waals surface area contributed by atoms with Crippen molar-refractivity contribution in [1.82, 2.24) is 9.97 Å². The molecule has 1 aliphatic rings. The normalized spacial score (nSPS) is 14.6. The topological polar surface area (TPSA) is 72.3 Å². The van der Waals surface area contributed by atoms with E-state index in [-0.39, 0.29) is 29.6 Å². The van der Waals surface area contributed by atoms with E-state index in [0.717, 1.165) is 25.0 Å². The SMILES string of the molecule is COCc1nc(-c2ccc(C(F)(F)F)cc2)nc(C2CC2)c1C(=O)O. The van der Waals surface area contributed by atoms with Crippen molar-refractivity contribution in [3.05, 3.63) is 46.8 Å². The maximum Gasteiger partial charge on any atom is 0.416 e. The van der Waals surface area contributed by atoms with Crippen molar-refractivity contribution in [1.29, 1.82) is 0 Å². The summed E-state index contributed by atoms with van der Waals surface area (Å²) in [6.45, 7) is -0.0164. The van der Waals surface area contributed by atoms with E-state index in [0.29, 0.717) is 11.3 Å². The maximum atomic E-state index is 12.7. The number of aromatic carboxylic acids is 1. The molecule has 0 amide bonds. The number of carbonyl (C=O) groups is 1. The number of carboxylic acids is 1. The molecule has 0 saturated heterocycles. The molecule has 0 aliphatic heterocycles. The van der Waals surface area contributed by atoms with Gasteiger partial charge >= 0.3 is 12.1 Å². The molecule has 1 heterocycles. The first kappa shape index (κ1) is 17.3. The summed E-state index contributed by atoms with van der Waals surface area (Å²) in [6.07, 6.45) is -2.76. The van der Waals surface area contributed by atoms with Crippen LogP contribution in [0.2, 0.25) is 0 Å². The summed E-state index contributed by atoms with van der Waals surface area (Å²) in [6, 6.07) is 4.48. The fraction of sp³-hybridized carbons (Fsp3) is 0.353. The zero-order chi connectivity index (χ0) is 18.2. The van der Waals surface area contributed by atoms with E-state index in [1.807, 2.05) is 0 Å². The van der Waals surface area contributed by atoms with Crippen LogP contribution in [0.3, 0.4) is 0 Å². The Labute approximate surface area is 141 Å². The molecular weight excluding hydrogens is 337 g/mol. The van der Waals surface area contributed by atoms with Crippen LogP contribution in [0.4, 0.5) is 13.2 Å². The van der Waals surface area contributed by atoms with E-state index >= 15 is 0 Å². The highest BCUT2D eigenvalue weighted by atomic mass is 19.4. The largest absolute Gasteiger partial charge is 0.478 e. The van der Waals surface area contributed by atoms with Crippen LogP contribution in [0.5, 0.6) is 0 Å². The van der Waals surface area contributed by atoms with Gasteiger partial charge in [-0.15, -0.1) is 0 Å². The third-order valence-corrected chi connectivity index (χ3v) is 3.94. The number of methoxy groups -OCH3 is 1. The van der Waals surface area contributed by atoms with Gasteiger partial charge in [0.2, 0.25) is 0 Å². The number of nitrogens with zero attached hydrogens (tertiary/aromatic N) is 2. The van der Waals surface area contributed by atoms with Gasteiger partial charge in [-0.2, -0.15) is 13.2 Å². The molecule has 25 heavy (non-hydrogen) atoms. The number of hydrogen-bond acceptors (Lipinski definition) is 4. The lowest BCUT2D eigenvalue weighted by molar-refractivity contribution is -0.137. The number of carboxylic acid groups (broad SMARTS) is 1. The Balaban J connectivity index is 2.08. The molecule has 0 unspecified atom stereocenters. The molecule has 1 saturated carbocycles. The molecule has 1 aromatic heterocycles. The predicted molar refractivity (Wildman–Crippen MR) is 82.1 cm³/mol. The van der Waals surface area contributed by atoms with Gasteiger partial charge in [-0.25, -0.2) is 14.8 Å². The Morgan fingerprint density at radius 2 is 1.88 bits per heavy atom. The first-order valence-electron chi connectivity index (χ1n) is 7.62. The summed E-state index contributed by atoms with van der Waals surface area (Å²) in [4.78, 5) is 20.1. The number of benzene rings is 1. The van der Waals surface area contributed by atoms with Gasteiger partial charge in [-0.3, -0.25) is 0 Å². The number of alkyl halides is 3. The van der Waals surface area contributed by atoms with Crippen molar-refractivity contribution in [2.45, 2.75) is 31.5 Å². The van der Waals surface area contributed by atoms with Crippen LogP contribution in [0, 0.1) is 0 Å². The molecule has 1 fully saturated rings. The van der Waals surface area contributed by atoms with Gasteiger partial charge in [0.05, 0.1) is 23.6 Å². The number of aromatic nitrogens is 2. The Hall–Kier alpha value is -2.48. The van der Waals surface area contributed by atoms with Gasteiger partial charge in [0, 0.05) is 18.6 Å². The van der Waals surface area contributed by atoms with Gasteiger partial charge in [0.15, 0.2) is 5.82 Å². The zero-order valence-electron chi connectivity index (χ0n) is 13.3. The van der Waals surface area contributed by atoms with E-state index in [2.05, 4.69) is 9.97 Å². The average Bonchev–Trinajstić information content (AvgIpc) is 3.38. The Morgan fingerprint density at radius 1 is 1.24 bits per heavy atom. The average molecular weight is 352 g/mol. The van der Waals surface area contributed by atoms with Crippen molar-refractivity contribution in [3.8, 4) is 11.4 Å². The van der Waals surface area contributed by atoms with Crippen LogP contribution in [-0.2, 0) is 17.5 Å². The van der Waals surface area contributed by atoms with Crippen LogP contribution in [0.25, 0.3) is 11.4 Å². The molecule has 3 rings (SSSR count). The molecule has 2 aromatic rings. The fourth-order valence-electron chi connectivity index (χ4n) is 2.59. The third kappa shape index (κ3) is 3.63. The molecule has 132 valence electrons. The molecule has 0 spiro atoms. The molecule has 0 bridgehead atoms. The lowest BCUT2D eigenvalue weighted by atomic mass is 10.1. The minimum atomic E-state index is -4.42. The summed E-state index contributed by atoms with van der Waals surface area (Å²) in [5.41, 5.74) is 0.299. The highest BCUT2D eigenvalue weighted by molar-refractivity contribution is 5.90. The first-order valence-corrected chi connectivity index (χ1v) is 7.62. The first-order chi connectivity index (χ1) is 11.8. The van der Waals surface area contributed by atoms with E-state index in [1.54, 1.807) is 0 Å². The van der Waals surface area contributed by atoms with Gasteiger partial charge < -0.3 is 9.84 Å². The third-order valence-electron chi connectivity index (χ3n) is 3.94. The van der Waals surface area contributed by atoms with Crippen LogP contribution >= 0.6 is 0 Å². The Kier molecular flexibility index (Phi) is 4.47. The van der Waals surface area contributed by atoms with Crippen LogP contribution in [-0.4, -0.2) is 28.2 Å². The monoisotopic (exact) mass is 352 g/mol. The maximum absolute atomic E-state index is 12.7. The van der Waals surface area contributed by atoms with Gasteiger partial charge in [0.1, 0.15) is 5.56 Å². The smallest absolute Gasteiger partial charge is 0.416 e. The summed E-state index contributed by atoms with van der Waals surface area (Å²) in [5, 5.41) is 9.48. The van der Waals surface area contributed by atoms with E-state index < -0.39 is 17.7 Å². The standard InChI is InChI=1S/C17H15F3N2O3/c1-25-8-12-13(16(23)24)14(9-2-3-9)22-15(21-12)10-4-6-11(7-5-10)17(18,19)20/h4-7,9H,2-3,8H2,1H3,(H,23,24). The number of halogens is 3. The highest BCUT2D eigenvalue weighted by Gasteiger charge is 2.33. The molecular formula is C17H15F3N2O3. The van der Waals surface area contributed by atoms with Gasteiger partial charge in [-0.1, -0.05) is 12.1 Å². The van der Waals surface area contributed by atoms with E-state index in [4.69, 9.17) is 4.74 Å². The van der Waals surface area contributed by atoms with Crippen molar-refractivity contribution in [2.24, 2.45) is 0 Å². The summed E-state index contributed by atoms with van der Waals surface area (Å²) in [5.74, 6) is -0.890. The summed E-state index contributed by atoms with van der Waals surface area (Å²) in [7, 11) is 1.42. The van der Waals surface area contributed by atoms with Gasteiger partial charge in [-0.05, 0) is 25.0 Å². The Bertz CT molecular complexity index is 800. The second-order valence-electron chi connectivity index (χ2n) is 5.84. The lowest BCUT2D eigenvalue weighted by Crippen LogP contribution is -2.13. The zero-order valence-corrected chi connectivity index (χ0v) is 13.3. The lowest BCUT2D eigenvalue weighted by Gasteiger charge is -2.13. The highest BCUT2D eigenvalue weighted by Crippen LogP contribution is 2.42. The van der Waals surface area contributed by atoms with Crippen LogP contribution in [0.1, 0.15) is 46.1 Å². The second-order valence-corrected chi connectivity index (χ2v) is 5.84. The van der Waals surface area contributed by atoms with Crippen molar-refractivity contribution in [3.63, 3.8) is 0 Å². The fourth-order valence-corrected chi connectivity index (χ4v) is 2.59. The summed E-state index contributed by atoms with van der Waals surface area (Å²) >= 11 is 0. The molecule has 1 aliphatic carbocycles. The van der Waals surface area contributed by atoms with Crippen molar-refractivity contribution in [2.75, 3.05) is 7.11 Å². The quantitative estimate of drug-likeness (QED) is 0.884. The number of hydrogen-bond donors (Lipinski definition) is 1. The van der Waals surface area contributed by atoms with Crippen LogP contribution in [0.15, 0.2) is 24.3 Å². The second kappa shape index (κ2) is 6.44. The van der Waals surface area contributed by atoms with Crippen molar-refractivity contribution < 1.29 is 27.8 Å². The molecule has 1 N–H and O–H groups in total. The number of ether oxygens (including phenoxy) is 1.